The van der Waals surface area contributed by atoms with Gasteiger partial charge in [-0.3, -0.25) is 4.79 Å². The number of thiophene rings is 1. The molecule has 0 aliphatic heterocycles. The Morgan fingerprint density at radius 2 is 2.19 bits per heavy atom. The molecule has 6 heteroatoms. The van der Waals surface area contributed by atoms with Crippen molar-refractivity contribution in [3.8, 4) is 6.07 Å². The van der Waals surface area contributed by atoms with E-state index < -0.39 is 0 Å². The second-order valence-corrected chi connectivity index (χ2v) is 4.56. The first-order chi connectivity index (χ1) is 7.51. The van der Waals surface area contributed by atoms with E-state index in [1.165, 1.54) is 18.4 Å². The van der Waals surface area contributed by atoms with Crippen LogP contribution in [0.4, 0.5) is 10.7 Å². The van der Waals surface area contributed by atoms with Crippen molar-refractivity contribution < 1.29 is 4.79 Å². The molecule has 4 N–H and O–H groups in total. The summed E-state index contributed by atoms with van der Waals surface area (Å²) in [7, 11) is 1.53. The molecule has 86 valence electrons. The minimum absolute atomic E-state index is 0.174. The van der Waals surface area contributed by atoms with Gasteiger partial charge in [0.15, 0.2) is 0 Å². The van der Waals surface area contributed by atoms with Gasteiger partial charge in [-0.25, -0.2) is 0 Å². The molecule has 16 heavy (non-hydrogen) atoms. The second-order valence-electron chi connectivity index (χ2n) is 3.54. The SMILES string of the molecule is CNC(=O)c1c(NC(C)C)sc(C#N)c1N. The summed E-state index contributed by atoms with van der Waals surface area (Å²) in [5.41, 5.74) is 6.36. The zero-order chi connectivity index (χ0) is 12.3. The Kier molecular flexibility index (Phi) is 3.74. The minimum atomic E-state index is -0.279. The van der Waals surface area contributed by atoms with E-state index in [-0.39, 0.29) is 17.6 Å². The largest absolute Gasteiger partial charge is 0.396 e. The summed E-state index contributed by atoms with van der Waals surface area (Å²) in [5, 5.41) is 15.1. The molecule has 1 amide bonds. The van der Waals surface area contributed by atoms with E-state index in [2.05, 4.69) is 10.6 Å². The van der Waals surface area contributed by atoms with Gasteiger partial charge in [0.2, 0.25) is 0 Å². The average Bonchev–Trinajstić information content (AvgIpc) is 2.53. The van der Waals surface area contributed by atoms with Crippen molar-refractivity contribution in [2.45, 2.75) is 19.9 Å². The number of carbonyl (C=O) groups is 1. The number of nitrogens with one attached hydrogen (secondary N) is 2. The zero-order valence-electron chi connectivity index (χ0n) is 9.42. The van der Waals surface area contributed by atoms with E-state index in [0.29, 0.717) is 15.4 Å². The lowest BCUT2D eigenvalue weighted by Gasteiger charge is -2.09. The summed E-state index contributed by atoms with van der Waals surface area (Å²) in [6.07, 6.45) is 0. The van der Waals surface area contributed by atoms with Gasteiger partial charge >= 0.3 is 0 Å². The fourth-order valence-corrected chi connectivity index (χ4v) is 2.30. The lowest BCUT2D eigenvalue weighted by molar-refractivity contribution is 0.0965. The molecule has 0 atom stereocenters. The van der Waals surface area contributed by atoms with Crippen molar-refractivity contribution in [3.63, 3.8) is 0 Å². The summed E-state index contributed by atoms with van der Waals surface area (Å²) in [6, 6.07) is 2.16. The molecule has 0 aromatic carbocycles. The number of anilines is 2. The van der Waals surface area contributed by atoms with E-state index in [4.69, 9.17) is 11.0 Å². The highest BCUT2D eigenvalue weighted by Gasteiger charge is 2.21. The van der Waals surface area contributed by atoms with Crippen molar-refractivity contribution in [1.29, 1.82) is 5.26 Å². The topological polar surface area (TPSA) is 90.9 Å². The van der Waals surface area contributed by atoms with Gasteiger partial charge in [0.1, 0.15) is 15.9 Å². The van der Waals surface area contributed by atoms with Crippen LogP contribution in [-0.4, -0.2) is 19.0 Å². The van der Waals surface area contributed by atoms with Gasteiger partial charge in [-0.05, 0) is 13.8 Å². The van der Waals surface area contributed by atoms with E-state index in [9.17, 15) is 4.79 Å². The normalized spacial score (nSPS) is 9.94. The highest BCUT2D eigenvalue weighted by atomic mass is 32.1. The van der Waals surface area contributed by atoms with Gasteiger partial charge < -0.3 is 16.4 Å². The number of carbonyl (C=O) groups excluding carboxylic acids is 1. The van der Waals surface area contributed by atoms with E-state index in [1.54, 1.807) is 0 Å². The van der Waals surface area contributed by atoms with E-state index in [0.717, 1.165) is 0 Å². The molecule has 0 fully saturated rings. The van der Waals surface area contributed by atoms with Crippen LogP contribution >= 0.6 is 11.3 Å². The first-order valence-electron chi connectivity index (χ1n) is 4.82. The van der Waals surface area contributed by atoms with E-state index in [1.807, 2.05) is 19.9 Å². The maximum Gasteiger partial charge on any atom is 0.256 e. The van der Waals surface area contributed by atoms with Gasteiger partial charge in [-0.15, -0.1) is 11.3 Å². The summed E-state index contributed by atoms with van der Waals surface area (Å²) >= 11 is 1.20. The lowest BCUT2D eigenvalue weighted by Crippen LogP contribution is -2.21. The molecule has 0 bridgehead atoms. The minimum Gasteiger partial charge on any atom is -0.396 e. The predicted octanol–water partition coefficient (Wildman–Crippen LogP) is 1.38. The van der Waals surface area contributed by atoms with Crippen LogP contribution in [0.15, 0.2) is 0 Å². The molecule has 0 spiro atoms. The number of rotatable bonds is 3. The monoisotopic (exact) mass is 238 g/mol. The fraction of sp³-hybridized carbons (Fsp3) is 0.400. The fourth-order valence-electron chi connectivity index (χ4n) is 1.24. The maximum absolute atomic E-state index is 11.6. The van der Waals surface area contributed by atoms with Crippen LogP contribution in [0, 0.1) is 11.3 Å². The Labute approximate surface area is 98.3 Å². The number of hydrogen-bond donors (Lipinski definition) is 3. The Morgan fingerprint density at radius 3 is 2.62 bits per heavy atom. The van der Waals surface area contributed by atoms with Crippen molar-refractivity contribution in [2.75, 3.05) is 18.1 Å². The molecule has 0 radical (unpaired) electrons. The first-order valence-corrected chi connectivity index (χ1v) is 5.63. The third-order valence-electron chi connectivity index (χ3n) is 1.92. The molecule has 1 aromatic rings. The molecule has 0 aliphatic carbocycles. The van der Waals surface area contributed by atoms with Crippen LogP contribution < -0.4 is 16.4 Å². The molecule has 1 heterocycles. The average molecular weight is 238 g/mol. The lowest BCUT2D eigenvalue weighted by atomic mass is 10.2. The van der Waals surface area contributed by atoms with Crippen LogP contribution in [0.5, 0.6) is 0 Å². The van der Waals surface area contributed by atoms with Crippen molar-refractivity contribution >= 4 is 27.9 Å². The smallest absolute Gasteiger partial charge is 0.256 e. The summed E-state index contributed by atoms with van der Waals surface area (Å²) in [5.74, 6) is -0.279. The molecule has 1 rings (SSSR count). The summed E-state index contributed by atoms with van der Waals surface area (Å²) in [6.45, 7) is 3.91. The Balaban J connectivity index is 3.26. The van der Waals surface area contributed by atoms with Gasteiger partial charge in [-0.2, -0.15) is 5.26 Å². The van der Waals surface area contributed by atoms with Gasteiger partial charge in [0.05, 0.1) is 11.3 Å². The van der Waals surface area contributed by atoms with Gasteiger partial charge in [0, 0.05) is 13.1 Å². The Morgan fingerprint density at radius 1 is 1.56 bits per heavy atom. The van der Waals surface area contributed by atoms with Crippen LogP contribution in [0.1, 0.15) is 29.1 Å². The highest BCUT2D eigenvalue weighted by Crippen LogP contribution is 2.35. The van der Waals surface area contributed by atoms with Crippen LogP contribution in [0.2, 0.25) is 0 Å². The molecule has 0 saturated heterocycles. The van der Waals surface area contributed by atoms with Crippen molar-refractivity contribution in [1.82, 2.24) is 5.32 Å². The summed E-state index contributed by atoms with van der Waals surface area (Å²) < 4.78 is 0. The highest BCUT2D eigenvalue weighted by molar-refractivity contribution is 7.17. The van der Waals surface area contributed by atoms with Crippen LogP contribution in [0.25, 0.3) is 0 Å². The van der Waals surface area contributed by atoms with E-state index >= 15 is 0 Å². The van der Waals surface area contributed by atoms with Crippen LogP contribution in [0.3, 0.4) is 0 Å². The molecule has 1 aromatic heterocycles. The Hall–Kier alpha value is -1.74. The number of amides is 1. The first kappa shape index (κ1) is 12.3. The maximum atomic E-state index is 11.6. The number of nitrogens with zero attached hydrogens (tertiary/aromatic N) is 1. The zero-order valence-corrected chi connectivity index (χ0v) is 10.2. The number of nitriles is 1. The number of hydrogen-bond acceptors (Lipinski definition) is 5. The van der Waals surface area contributed by atoms with Crippen LogP contribution in [-0.2, 0) is 0 Å². The molecular weight excluding hydrogens is 224 g/mol. The van der Waals surface area contributed by atoms with Gasteiger partial charge in [-0.1, -0.05) is 0 Å². The third kappa shape index (κ3) is 2.25. The molecule has 0 saturated carbocycles. The molecule has 0 unspecified atom stereocenters. The predicted molar refractivity (Wildman–Crippen MR) is 65.6 cm³/mol. The number of nitrogens with two attached hydrogens (primary N) is 1. The summed E-state index contributed by atoms with van der Waals surface area (Å²) in [4.78, 5) is 12.0. The van der Waals surface area contributed by atoms with Crippen molar-refractivity contribution in [2.24, 2.45) is 0 Å². The Bertz CT molecular complexity index is 444. The molecule has 0 aliphatic rings. The second kappa shape index (κ2) is 4.86. The van der Waals surface area contributed by atoms with Crippen molar-refractivity contribution in [3.05, 3.63) is 10.4 Å². The molecule has 5 nitrogen and oxygen atoms in total. The standard InChI is InChI=1S/C10H14N4OS/c1-5(2)14-10-7(9(15)13-3)8(12)6(4-11)16-10/h5,14H,12H2,1-3H3,(H,13,15). The quantitative estimate of drug-likeness (QED) is 0.742. The number of nitrogen functional groups attached to an aromatic ring is 1. The van der Waals surface area contributed by atoms with Gasteiger partial charge in [0.25, 0.3) is 5.91 Å². The third-order valence-corrected chi connectivity index (χ3v) is 2.96. The molecular formula is C10H14N4OS.